The van der Waals surface area contributed by atoms with Crippen molar-refractivity contribution in [2.24, 2.45) is 11.3 Å². The molecule has 2 aliphatic carbocycles. The van der Waals surface area contributed by atoms with E-state index in [4.69, 9.17) is 10.00 Å². The number of ether oxygens (including phenoxy) is 1. The van der Waals surface area contributed by atoms with Gasteiger partial charge in [0.05, 0.1) is 18.2 Å². The highest BCUT2D eigenvalue weighted by Crippen LogP contribution is 2.63. The fourth-order valence-electron chi connectivity index (χ4n) is 5.89. The van der Waals surface area contributed by atoms with Crippen molar-refractivity contribution >= 4 is 0 Å². The van der Waals surface area contributed by atoms with Gasteiger partial charge in [-0.15, -0.1) is 0 Å². The Bertz CT molecular complexity index is 902. The number of phenols is 1. The average molecular weight is 377 g/mol. The predicted octanol–water partition coefficient (Wildman–Crippen LogP) is 4.33. The van der Waals surface area contributed by atoms with Crippen LogP contribution in [0.4, 0.5) is 0 Å². The summed E-state index contributed by atoms with van der Waals surface area (Å²) in [4.78, 5) is 2.47. The minimum atomic E-state index is 0.360. The van der Waals surface area contributed by atoms with E-state index in [9.17, 15) is 5.11 Å². The molecule has 2 fully saturated rings. The lowest BCUT2D eigenvalue weighted by Crippen LogP contribution is -2.63. The smallest absolute Gasteiger partial charge is 0.119 e. The maximum Gasteiger partial charge on any atom is 0.119 e. The molecule has 3 aliphatic rings. The SMILES string of the molecule is CC.CN1CC23Cc4ccc(O)cc4C(C2)C(COc2ccc(C#N)cc2)C13. The first-order chi connectivity index (χ1) is 13.6. The van der Waals surface area contributed by atoms with Crippen molar-refractivity contribution in [2.75, 3.05) is 20.2 Å². The predicted molar refractivity (Wildman–Crippen MR) is 110 cm³/mol. The second-order valence-electron chi connectivity index (χ2n) is 8.20. The number of nitriles is 1. The Labute approximate surface area is 167 Å². The molecule has 1 aliphatic heterocycles. The van der Waals surface area contributed by atoms with Crippen molar-refractivity contribution in [3.05, 3.63) is 59.2 Å². The summed E-state index contributed by atoms with van der Waals surface area (Å²) in [5.41, 5.74) is 3.74. The number of nitrogens with zero attached hydrogens (tertiary/aromatic N) is 2. The molecule has 146 valence electrons. The van der Waals surface area contributed by atoms with Gasteiger partial charge in [-0.05, 0) is 73.3 Å². The molecule has 1 N–H and O–H groups in total. The Morgan fingerprint density at radius 3 is 2.64 bits per heavy atom. The Kier molecular flexibility index (Phi) is 4.81. The molecule has 0 aromatic heterocycles. The molecule has 4 nitrogen and oxygen atoms in total. The van der Waals surface area contributed by atoms with E-state index in [0.29, 0.717) is 41.2 Å². The summed E-state index contributed by atoms with van der Waals surface area (Å²) in [6, 6.07) is 15.9. The third kappa shape index (κ3) is 2.86. The zero-order valence-electron chi connectivity index (χ0n) is 16.9. The van der Waals surface area contributed by atoms with Gasteiger partial charge in [0.2, 0.25) is 0 Å². The molecule has 5 rings (SSSR count). The summed E-state index contributed by atoms with van der Waals surface area (Å²) in [7, 11) is 2.22. The van der Waals surface area contributed by atoms with Crippen LogP contribution in [0.2, 0.25) is 0 Å². The van der Waals surface area contributed by atoms with Gasteiger partial charge in [0.15, 0.2) is 0 Å². The van der Waals surface area contributed by atoms with Crippen molar-refractivity contribution < 1.29 is 9.84 Å². The summed E-state index contributed by atoms with van der Waals surface area (Å²) in [5.74, 6) is 2.04. The first-order valence-corrected chi connectivity index (χ1v) is 10.2. The average Bonchev–Trinajstić information content (AvgIpc) is 2.93. The Balaban J connectivity index is 0.000000932. The molecule has 0 amide bonds. The van der Waals surface area contributed by atoms with Crippen LogP contribution in [0.3, 0.4) is 0 Å². The lowest BCUT2D eigenvalue weighted by atomic mass is 9.66. The molecule has 1 saturated heterocycles. The summed E-state index contributed by atoms with van der Waals surface area (Å²) in [5, 5.41) is 18.9. The lowest BCUT2D eigenvalue weighted by molar-refractivity contribution is -0.0561. The zero-order chi connectivity index (χ0) is 19.9. The van der Waals surface area contributed by atoms with Crippen LogP contribution in [-0.4, -0.2) is 36.2 Å². The normalized spacial score (nSPS) is 29.4. The van der Waals surface area contributed by atoms with Crippen molar-refractivity contribution in [1.82, 2.24) is 4.90 Å². The summed E-state index contributed by atoms with van der Waals surface area (Å²) in [6.45, 7) is 5.82. The molecule has 2 aromatic rings. The van der Waals surface area contributed by atoms with Gasteiger partial charge in [0, 0.05) is 23.9 Å². The Hall–Kier alpha value is -2.51. The van der Waals surface area contributed by atoms with Crippen LogP contribution in [0.1, 0.15) is 42.9 Å². The molecule has 0 radical (unpaired) electrons. The van der Waals surface area contributed by atoms with E-state index in [1.54, 1.807) is 12.1 Å². The maximum absolute atomic E-state index is 9.99. The molecule has 1 spiro atoms. The third-order valence-corrected chi connectivity index (χ3v) is 6.71. The van der Waals surface area contributed by atoms with Gasteiger partial charge in [-0.25, -0.2) is 0 Å². The number of fused-ring (bicyclic) bond motifs is 3. The van der Waals surface area contributed by atoms with Crippen molar-refractivity contribution in [3.63, 3.8) is 0 Å². The molecule has 1 saturated carbocycles. The summed E-state index contributed by atoms with van der Waals surface area (Å²) >= 11 is 0. The number of phenolic OH excluding ortho intramolecular Hbond substituents is 1. The molecule has 2 bridgehead atoms. The second kappa shape index (κ2) is 7.14. The van der Waals surface area contributed by atoms with Crippen molar-refractivity contribution in [1.29, 1.82) is 5.26 Å². The molecular weight excluding hydrogens is 348 g/mol. The summed E-state index contributed by atoms with van der Waals surface area (Å²) < 4.78 is 6.14. The van der Waals surface area contributed by atoms with E-state index in [0.717, 1.165) is 18.7 Å². The van der Waals surface area contributed by atoms with E-state index in [1.807, 2.05) is 38.1 Å². The number of aromatic hydroxyl groups is 1. The minimum absolute atomic E-state index is 0.360. The van der Waals surface area contributed by atoms with Crippen LogP contribution >= 0.6 is 0 Å². The summed E-state index contributed by atoms with van der Waals surface area (Å²) in [6.07, 6.45) is 2.31. The molecule has 4 atom stereocenters. The first-order valence-electron chi connectivity index (χ1n) is 10.2. The highest BCUT2D eigenvalue weighted by Gasteiger charge is 2.64. The number of hydrogen-bond acceptors (Lipinski definition) is 4. The van der Waals surface area contributed by atoms with Gasteiger partial charge in [0.1, 0.15) is 11.5 Å². The van der Waals surface area contributed by atoms with Gasteiger partial charge in [0.25, 0.3) is 0 Å². The Morgan fingerprint density at radius 2 is 1.96 bits per heavy atom. The molecule has 28 heavy (non-hydrogen) atoms. The number of likely N-dealkylation sites (tertiary alicyclic amines) is 1. The molecule has 4 unspecified atom stereocenters. The number of benzene rings is 2. The van der Waals surface area contributed by atoms with Crippen LogP contribution in [-0.2, 0) is 6.42 Å². The van der Waals surface area contributed by atoms with E-state index in [1.165, 1.54) is 17.5 Å². The number of hydrogen-bond donors (Lipinski definition) is 1. The minimum Gasteiger partial charge on any atom is -0.508 e. The highest BCUT2D eigenvalue weighted by molar-refractivity contribution is 5.45. The highest BCUT2D eigenvalue weighted by atomic mass is 16.5. The quantitative estimate of drug-likeness (QED) is 0.866. The first kappa shape index (κ1) is 18.8. The zero-order valence-corrected chi connectivity index (χ0v) is 16.9. The van der Waals surface area contributed by atoms with E-state index in [2.05, 4.69) is 24.1 Å². The fraction of sp³-hybridized carbons (Fsp3) is 0.458. The van der Waals surface area contributed by atoms with Crippen LogP contribution in [0.25, 0.3) is 0 Å². The van der Waals surface area contributed by atoms with Crippen molar-refractivity contribution in [3.8, 4) is 17.6 Å². The van der Waals surface area contributed by atoms with Gasteiger partial charge in [-0.1, -0.05) is 19.9 Å². The maximum atomic E-state index is 9.99. The van der Waals surface area contributed by atoms with E-state index < -0.39 is 0 Å². The van der Waals surface area contributed by atoms with Crippen LogP contribution < -0.4 is 4.74 Å². The Morgan fingerprint density at radius 1 is 1.21 bits per heavy atom. The van der Waals surface area contributed by atoms with Crippen LogP contribution in [0.5, 0.6) is 11.5 Å². The fourth-order valence-corrected chi connectivity index (χ4v) is 5.89. The second-order valence-corrected chi connectivity index (χ2v) is 8.20. The molecule has 2 aromatic carbocycles. The monoisotopic (exact) mass is 376 g/mol. The van der Waals surface area contributed by atoms with Gasteiger partial charge in [-0.2, -0.15) is 5.26 Å². The van der Waals surface area contributed by atoms with Gasteiger partial charge < -0.3 is 14.7 Å². The topological polar surface area (TPSA) is 56.5 Å². The molecule has 1 heterocycles. The van der Waals surface area contributed by atoms with Gasteiger partial charge >= 0.3 is 0 Å². The van der Waals surface area contributed by atoms with E-state index >= 15 is 0 Å². The molecule has 4 heteroatoms. The molecular formula is C24H28N2O2. The standard InChI is InChI=1S/C22H22N2O2.C2H6/c1-24-13-22-9-15-4-5-16(25)8-18(15)19(10-22)20(21(22)24)12-26-17-6-2-14(11-23)3-7-17;1-2/h2-8,19-21,25H,9-10,12-13H2,1H3;1-2H3. The third-order valence-electron chi connectivity index (χ3n) is 6.71. The van der Waals surface area contributed by atoms with Crippen molar-refractivity contribution in [2.45, 2.75) is 38.6 Å². The van der Waals surface area contributed by atoms with Gasteiger partial charge in [-0.3, -0.25) is 0 Å². The largest absolute Gasteiger partial charge is 0.508 e. The van der Waals surface area contributed by atoms with E-state index in [-0.39, 0.29) is 0 Å². The van der Waals surface area contributed by atoms with Crippen LogP contribution in [0.15, 0.2) is 42.5 Å². The number of rotatable bonds is 3. The van der Waals surface area contributed by atoms with Crippen LogP contribution in [0, 0.1) is 22.7 Å². The lowest BCUT2D eigenvalue weighted by Gasteiger charge is -2.55.